The minimum atomic E-state index is -0.761. The van der Waals surface area contributed by atoms with Crippen molar-refractivity contribution in [2.24, 2.45) is 0 Å². The lowest BCUT2D eigenvalue weighted by Gasteiger charge is -2.26. The molecule has 0 spiro atoms. The molecule has 7 heteroatoms. The van der Waals surface area contributed by atoms with Gasteiger partial charge >= 0.3 is 0 Å². The topological polar surface area (TPSA) is 87.8 Å². The summed E-state index contributed by atoms with van der Waals surface area (Å²) < 4.78 is 0. The number of nitrogen functional groups attached to an aromatic ring is 1. The number of nitrogens with two attached hydrogens (primary N) is 1. The number of nitrogens with zero attached hydrogens (tertiary/aromatic N) is 1. The molecule has 0 aliphatic heterocycles. The third kappa shape index (κ3) is 7.33. The van der Waals surface area contributed by atoms with Crippen molar-refractivity contribution >= 4 is 23.2 Å². The molecule has 0 aromatic heterocycles. The van der Waals surface area contributed by atoms with Crippen LogP contribution in [0.1, 0.15) is 36.2 Å². The first-order valence-electron chi connectivity index (χ1n) is 9.89. The van der Waals surface area contributed by atoms with E-state index in [1.807, 2.05) is 30.3 Å². The van der Waals surface area contributed by atoms with Gasteiger partial charge in [-0.1, -0.05) is 55.8 Å². The SMILES string of the molecule is CCN(CC)CCC(ONC(=O)c1ccc(N)c(Cl)c1)C(O)Cc1ccccc1. The molecule has 158 valence electrons. The molecule has 0 bridgehead atoms. The highest BCUT2D eigenvalue weighted by Crippen LogP contribution is 2.20. The van der Waals surface area contributed by atoms with Crippen LogP contribution in [-0.4, -0.2) is 47.8 Å². The Balaban J connectivity index is 2.02. The fourth-order valence-corrected chi connectivity index (χ4v) is 3.20. The summed E-state index contributed by atoms with van der Waals surface area (Å²) in [5.74, 6) is -0.438. The molecule has 29 heavy (non-hydrogen) atoms. The van der Waals surface area contributed by atoms with Crippen LogP contribution in [0.15, 0.2) is 48.5 Å². The fraction of sp³-hybridized carbons (Fsp3) is 0.409. The molecule has 0 aliphatic carbocycles. The van der Waals surface area contributed by atoms with Crippen molar-refractivity contribution in [3.05, 3.63) is 64.7 Å². The van der Waals surface area contributed by atoms with Gasteiger partial charge in [-0.15, -0.1) is 0 Å². The highest BCUT2D eigenvalue weighted by Gasteiger charge is 2.23. The highest BCUT2D eigenvalue weighted by atomic mass is 35.5. The molecule has 1 amide bonds. The molecule has 0 radical (unpaired) electrons. The largest absolute Gasteiger partial charge is 0.398 e. The van der Waals surface area contributed by atoms with Crippen molar-refractivity contribution in [3.63, 3.8) is 0 Å². The smallest absolute Gasteiger partial charge is 0.274 e. The zero-order valence-electron chi connectivity index (χ0n) is 17.0. The zero-order chi connectivity index (χ0) is 21.2. The van der Waals surface area contributed by atoms with Crippen molar-refractivity contribution in [1.29, 1.82) is 0 Å². The molecule has 0 saturated heterocycles. The van der Waals surface area contributed by atoms with Crippen LogP contribution in [0.4, 0.5) is 5.69 Å². The number of nitrogens with one attached hydrogen (secondary N) is 1. The van der Waals surface area contributed by atoms with Gasteiger partial charge in [-0.3, -0.25) is 9.63 Å². The van der Waals surface area contributed by atoms with Crippen LogP contribution in [0.3, 0.4) is 0 Å². The molecule has 2 aromatic carbocycles. The predicted molar refractivity (Wildman–Crippen MR) is 117 cm³/mol. The Morgan fingerprint density at radius 1 is 1.21 bits per heavy atom. The van der Waals surface area contributed by atoms with E-state index in [-0.39, 0.29) is 0 Å². The minimum absolute atomic E-state index is 0.305. The lowest BCUT2D eigenvalue weighted by molar-refractivity contribution is -0.0810. The first-order chi connectivity index (χ1) is 13.9. The molecule has 0 fully saturated rings. The van der Waals surface area contributed by atoms with Crippen molar-refractivity contribution in [2.45, 2.75) is 38.9 Å². The first-order valence-corrected chi connectivity index (χ1v) is 10.3. The van der Waals surface area contributed by atoms with Gasteiger partial charge in [0.1, 0.15) is 6.10 Å². The Labute approximate surface area is 177 Å². The van der Waals surface area contributed by atoms with E-state index in [2.05, 4.69) is 24.2 Å². The number of benzene rings is 2. The molecule has 0 saturated carbocycles. The number of amides is 1. The second kappa shape index (κ2) is 11.8. The number of aliphatic hydroxyl groups excluding tert-OH is 1. The molecule has 0 aliphatic rings. The number of halogens is 1. The van der Waals surface area contributed by atoms with Crippen molar-refractivity contribution in [1.82, 2.24) is 10.4 Å². The Morgan fingerprint density at radius 3 is 2.52 bits per heavy atom. The number of hydrogen-bond acceptors (Lipinski definition) is 5. The molecular weight excluding hydrogens is 390 g/mol. The van der Waals surface area contributed by atoms with E-state index in [0.29, 0.717) is 29.1 Å². The van der Waals surface area contributed by atoms with Gasteiger partial charge in [-0.05, 0) is 43.3 Å². The second-order valence-corrected chi connectivity index (χ2v) is 7.30. The maximum absolute atomic E-state index is 12.4. The number of hydrogen-bond donors (Lipinski definition) is 3. The molecule has 2 atom stereocenters. The summed E-state index contributed by atoms with van der Waals surface area (Å²) in [5.41, 5.74) is 9.89. The standard InChI is InChI=1S/C22H30ClN3O3/c1-3-26(4-2)13-12-21(20(27)14-16-8-6-5-7-9-16)29-25-22(28)17-10-11-19(24)18(23)15-17/h5-11,15,20-21,27H,3-4,12-14,24H2,1-2H3,(H,25,28). The van der Waals surface area contributed by atoms with Gasteiger partial charge in [0.15, 0.2) is 0 Å². The number of hydroxylamine groups is 1. The lowest BCUT2D eigenvalue weighted by Crippen LogP contribution is -2.40. The van der Waals surface area contributed by atoms with E-state index in [4.69, 9.17) is 22.2 Å². The highest BCUT2D eigenvalue weighted by molar-refractivity contribution is 6.33. The quantitative estimate of drug-likeness (QED) is 0.384. The Hall–Kier alpha value is -2.12. The number of carbonyl (C=O) groups excluding carboxylic acids is 1. The summed E-state index contributed by atoms with van der Waals surface area (Å²) >= 11 is 5.99. The first kappa shape index (κ1) is 23.2. The summed E-state index contributed by atoms with van der Waals surface area (Å²) in [6.07, 6.45) is -0.293. The normalized spacial score (nSPS) is 13.3. The van der Waals surface area contributed by atoms with Crippen molar-refractivity contribution in [2.75, 3.05) is 25.4 Å². The second-order valence-electron chi connectivity index (χ2n) is 6.90. The summed E-state index contributed by atoms with van der Waals surface area (Å²) in [5, 5.41) is 11.1. The van der Waals surface area contributed by atoms with Crippen LogP contribution >= 0.6 is 11.6 Å². The van der Waals surface area contributed by atoms with Gasteiger partial charge in [0.05, 0.1) is 16.8 Å². The van der Waals surface area contributed by atoms with Gasteiger partial charge in [0, 0.05) is 18.5 Å². The molecule has 6 nitrogen and oxygen atoms in total. The van der Waals surface area contributed by atoms with Crippen molar-refractivity contribution < 1.29 is 14.7 Å². The molecule has 2 aromatic rings. The molecule has 4 N–H and O–H groups in total. The molecule has 0 heterocycles. The van der Waals surface area contributed by atoms with E-state index >= 15 is 0 Å². The number of rotatable bonds is 11. The third-order valence-corrected chi connectivity index (χ3v) is 5.23. The maximum Gasteiger partial charge on any atom is 0.274 e. The average Bonchev–Trinajstić information content (AvgIpc) is 2.73. The number of aliphatic hydroxyl groups is 1. The molecular formula is C22H30ClN3O3. The third-order valence-electron chi connectivity index (χ3n) is 4.91. The minimum Gasteiger partial charge on any atom is -0.398 e. The van der Waals surface area contributed by atoms with Crippen LogP contribution < -0.4 is 11.2 Å². The van der Waals surface area contributed by atoms with Crippen molar-refractivity contribution in [3.8, 4) is 0 Å². The van der Waals surface area contributed by atoms with Gasteiger partial charge < -0.3 is 15.7 Å². The van der Waals surface area contributed by atoms with Crippen LogP contribution in [0, 0.1) is 0 Å². The Morgan fingerprint density at radius 2 is 1.90 bits per heavy atom. The summed E-state index contributed by atoms with van der Waals surface area (Å²) in [6.45, 7) is 6.76. The van der Waals surface area contributed by atoms with Crippen LogP contribution in [-0.2, 0) is 11.3 Å². The van der Waals surface area contributed by atoms with E-state index < -0.39 is 18.1 Å². The van der Waals surface area contributed by atoms with E-state index in [9.17, 15) is 9.90 Å². The van der Waals surface area contributed by atoms with E-state index in [0.717, 1.165) is 25.2 Å². The van der Waals surface area contributed by atoms with Crippen LogP contribution in [0.25, 0.3) is 0 Å². The van der Waals surface area contributed by atoms with E-state index in [1.54, 1.807) is 12.1 Å². The van der Waals surface area contributed by atoms with Gasteiger partial charge in [-0.2, -0.15) is 0 Å². The lowest BCUT2D eigenvalue weighted by atomic mass is 10.0. The number of carbonyl (C=O) groups is 1. The van der Waals surface area contributed by atoms with Gasteiger partial charge in [0.2, 0.25) is 0 Å². The fourth-order valence-electron chi connectivity index (χ4n) is 3.02. The number of anilines is 1. The monoisotopic (exact) mass is 419 g/mol. The Bertz CT molecular complexity index is 769. The predicted octanol–water partition coefficient (Wildman–Crippen LogP) is 3.29. The zero-order valence-corrected chi connectivity index (χ0v) is 17.7. The summed E-state index contributed by atoms with van der Waals surface area (Å²) in [4.78, 5) is 20.3. The Kier molecular flexibility index (Phi) is 9.41. The summed E-state index contributed by atoms with van der Waals surface area (Å²) in [6, 6.07) is 14.3. The van der Waals surface area contributed by atoms with Gasteiger partial charge in [-0.25, -0.2) is 5.48 Å². The van der Waals surface area contributed by atoms with Crippen LogP contribution in [0.5, 0.6) is 0 Å². The maximum atomic E-state index is 12.4. The average molecular weight is 420 g/mol. The molecule has 2 unspecified atom stereocenters. The van der Waals surface area contributed by atoms with Crippen LogP contribution in [0.2, 0.25) is 5.02 Å². The van der Waals surface area contributed by atoms with E-state index in [1.165, 1.54) is 6.07 Å². The van der Waals surface area contributed by atoms with Gasteiger partial charge in [0.25, 0.3) is 5.91 Å². The molecule has 2 rings (SSSR count). The summed E-state index contributed by atoms with van der Waals surface area (Å²) in [7, 11) is 0.